The maximum atomic E-state index is 12.4. The molecule has 0 aromatic rings. The quantitative estimate of drug-likeness (QED) is 0.602. The van der Waals surface area contributed by atoms with Gasteiger partial charge in [0.1, 0.15) is 0 Å². The van der Waals surface area contributed by atoms with Crippen LogP contribution in [0.3, 0.4) is 0 Å². The highest BCUT2D eigenvalue weighted by Crippen LogP contribution is 2.23. The van der Waals surface area contributed by atoms with Crippen molar-refractivity contribution in [3.8, 4) is 0 Å². The van der Waals surface area contributed by atoms with Crippen LogP contribution in [0.15, 0.2) is 12.7 Å². The molecule has 0 fully saturated rings. The number of carboxylic acids is 1. The van der Waals surface area contributed by atoms with Gasteiger partial charge in [-0.2, -0.15) is 0 Å². The fourth-order valence-electron chi connectivity index (χ4n) is 0.485. The van der Waals surface area contributed by atoms with E-state index in [1.807, 2.05) is 0 Å². The van der Waals surface area contributed by atoms with E-state index in [9.17, 15) is 13.6 Å². The SMILES string of the molecule is C=CCC(F)(F)C(O)C(=O)O. The second kappa shape index (κ2) is 3.43. The Morgan fingerprint density at radius 3 is 2.45 bits per heavy atom. The zero-order valence-corrected chi connectivity index (χ0v) is 5.63. The number of halogens is 2. The van der Waals surface area contributed by atoms with E-state index >= 15 is 0 Å². The summed E-state index contributed by atoms with van der Waals surface area (Å²) in [7, 11) is 0. The summed E-state index contributed by atoms with van der Waals surface area (Å²) in [6, 6.07) is 0. The van der Waals surface area contributed by atoms with Crippen LogP contribution in [0, 0.1) is 0 Å². The van der Waals surface area contributed by atoms with Gasteiger partial charge in [-0.15, -0.1) is 6.58 Å². The highest BCUT2D eigenvalue weighted by Gasteiger charge is 2.41. The van der Waals surface area contributed by atoms with Gasteiger partial charge in [-0.05, 0) is 0 Å². The minimum atomic E-state index is -3.63. The Morgan fingerprint density at radius 2 is 2.18 bits per heavy atom. The summed E-state index contributed by atoms with van der Waals surface area (Å²) in [5, 5.41) is 16.4. The molecule has 0 aliphatic rings. The van der Waals surface area contributed by atoms with Crippen LogP contribution in [0.25, 0.3) is 0 Å². The molecule has 2 N–H and O–H groups in total. The van der Waals surface area contributed by atoms with E-state index < -0.39 is 24.4 Å². The van der Waals surface area contributed by atoms with Gasteiger partial charge >= 0.3 is 5.97 Å². The molecule has 0 aliphatic carbocycles. The van der Waals surface area contributed by atoms with Crippen molar-refractivity contribution in [1.29, 1.82) is 0 Å². The zero-order chi connectivity index (χ0) is 9.07. The maximum Gasteiger partial charge on any atom is 0.338 e. The second-order valence-corrected chi connectivity index (χ2v) is 1.99. The van der Waals surface area contributed by atoms with Crippen LogP contribution in [0.5, 0.6) is 0 Å². The van der Waals surface area contributed by atoms with Crippen molar-refractivity contribution in [1.82, 2.24) is 0 Å². The molecule has 0 heterocycles. The molecule has 64 valence electrons. The molecule has 5 heteroatoms. The third kappa shape index (κ3) is 2.63. The summed E-state index contributed by atoms with van der Waals surface area (Å²) in [5.74, 6) is -5.56. The smallest absolute Gasteiger partial charge is 0.338 e. The third-order valence-electron chi connectivity index (χ3n) is 1.05. The van der Waals surface area contributed by atoms with Crippen LogP contribution in [0.2, 0.25) is 0 Å². The standard InChI is InChI=1S/C6H8F2O3/c1-2-3-6(7,8)4(9)5(10)11/h2,4,9H,1,3H2,(H,10,11). The molecule has 1 unspecified atom stereocenters. The predicted molar refractivity (Wildman–Crippen MR) is 33.4 cm³/mol. The van der Waals surface area contributed by atoms with Gasteiger partial charge in [-0.25, -0.2) is 13.6 Å². The van der Waals surface area contributed by atoms with Crippen molar-refractivity contribution in [2.45, 2.75) is 18.4 Å². The molecule has 11 heavy (non-hydrogen) atoms. The molecular formula is C6H8F2O3. The Hall–Kier alpha value is -0.970. The summed E-state index contributed by atoms with van der Waals surface area (Å²) in [6.07, 6.45) is -2.65. The molecule has 1 atom stereocenters. The fourth-order valence-corrected chi connectivity index (χ4v) is 0.485. The first-order valence-electron chi connectivity index (χ1n) is 2.81. The first-order valence-corrected chi connectivity index (χ1v) is 2.81. The number of carboxylic acid groups (broad SMARTS) is 1. The minimum absolute atomic E-state index is 0.847. The molecule has 0 saturated heterocycles. The molecule has 0 rings (SSSR count). The summed E-state index contributed by atoms with van der Waals surface area (Å²) in [6.45, 7) is 3.00. The number of aliphatic hydroxyl groups excluding tert-OH is 1. The van der Waals surface area contributed by atoms with Gasteiger partial charge in [0, 0.05) is 6.42 Å². The number of hydrogen-bond acceptors (Lipinski definition) is 2. The Morgan fingerprint density at radius 1 is 1.73 bits per heavy atom. The summed E-state index contributed by atoms with van der Waals surface area (Å²) in [4.78, 5) is 9.86. The average Bonchev–Trinajstić information content (AvgIpc) is 1.86. The fraction of sp³-hybridized carbons (Fsp3) is 0.500. The number of aliphatic carboxylic acids is 1. The van der Waals surface area contributed by atoms with Crippen molar-refractivity contribution in [2.24, 2.45) is 0 Å². The lowest BCUT2D eigenvalue weighted by atomic mass is 10.1. The van der Waals surface area contributed by atoms with Crippen LogP contribution in [0.4, 0.5) is 8.78 Å². The van der Waals surface area contributed by atoms with Crippen molar-refractivity contribution < 1.29 is 23.8 Å². The van der Waals surface area contributed by atoms with Crippen molar-refractivity contribution >= 4 is 5.97 Å². The van der Waals surface area contributed by atoms with Crippen molar-refractivity contribution in [3.05, 3.63) is 12.7 Å². The number of hydrogen-bond donors (Lipinski definition) is 2. The van der Waals surface area contributed by atoms with E-state index in [1.165, 1.54) is 0 Å². The van der Waals surface area contributed by atoms with E-state index in [-0.39, 0.29) is 0 Å². The normalized spacial score (nSPS) is 14.1. The molecular weight excluding hydrogens is 158 g/mol. The third-order valence-corrected chi connectivity index (χ3v) is 1.05. The Kier molecular flexibility index (Phi) is 3.13. The monoisotopic (exact) mass is 166 g/mol. The van der Waals surface area contributed by atoms with Gasteiger partial charge in [0.2, 0.25) is 6.10 Å². The zero-order valence-electron chi connectivity index (χ0n) is 5.63. The molecule has 0 amide bonds. The van der Waals surface area contributed by atoms with Gasteiger partial charge < -0.3 is 10.2 Å². The van der Waals surface area contributed by atoms with Crippen LogP contribution < -0.4 is 0 Å². The molecule has 0 aromatic heterocycles. The first-order chi connectivity index (χ1) is 4.91. The number of aliphatic hydroxyl groups is 1. The molecule has 0 radical (unpaired) electrons. The van der Waals surface area contributed by atoms with Gasteiger partial charge in [-0.3, -0.25) is 0 Å². The molecule has 3 nitrogen and oxygen atoms in total. The van der Waals surface area contributed by atoms with Crippen molar-refractivity contribution in [2.75, 3.05) is 0 Å². The topological polar surface area (TPSA) is 57.5 Å². The number of alkyl halides is 2. The lowest BCUT2D eigenvalue weighted by Gasteiger charge is -2.16. The van der Waals surface area contributed by atoms with E-state index in [4.69, 9.17) is 10.2 Å². The van der Waals surface area contributed by atoms with E-state index in [0.717, 1.165) is 6.08 Å². The summed E-state index contributed by atoms with van der Waals surface area (Å²) >= 11 is 0. The largest absolute Gasteiger partial charge is 0.479 e. The van der Waals surface area contributed by atoms with E-state index in [1.54, 1.807) is 0 Å². The first kappa shape index (κ1) is 10.0. The van der Waals surface area contributed by atoms with Crippen LogP contribution in [0.1, 0.15) is 6.42 Å². The molecule has 0 saturated carbocycles. The van der Waals surface area contributed by atoms with Gasteiger partial charge in [0.15, 0.2) is 0 Å². The predicted octanol–water partition coefficient (Wildman–Crippen LogP) is 0.643. The van der Waals surface area contributed by atoms with Gasteiger partial charge in [0.25, 0.3) is 5.92 Å². The van der Waals surface area contributed by atoms with Crippen LogP contribution in [-0.2, 0) is 4.79 Å². The lowest BCUT2D eigenvalue weighted by molar-refractivity contribution is -0.169. The number of allylic oxidation sites excluding steroid dienone is 1. The van der Waals surface area contributed by atoms with E-state index in [2.05, 4.69) is 6.58 Å². The number of carbonyl (C=O) groups is 1. The second-order valence-electron chi connectivity index (χ2n) is 1.99. The highest BCUT2D eigenvalue weighted by molar-refractivity contribution is 5.73. The van der Waals surface area contributed by atoms with Gasteiger partial charge in [0.05, 0.1) is 0 Å². The maximum absolute atomic E-state index is 12.4. The Bertz CT molecular complexity index is 167. The van der Waals surface area contributed by atoms with E-state index in [0.29, 0.717) is 0 Å². The molecule has 0 spiro atoms. The van der Waals surface area contributed by atoms with Crippen LogP contribution in [-0.4, -0.2) is 28.2 Å². The van der Waals surface area contributed by atoms with Gasteiger partial charge in [-0.1, -0.05) is 6.08 Å². The summed E-state index contributed by atoms with van der Waals surface area (Å²) < 4.78 is 24.7. The Labute approximate surface area is 62.0 Å². The number of rotatable bonds is 4. The van der Waals surface area contributed by atoms with Crippen molar-refractivity contribution in [3.63, 3.8) is 0 Å². The molecule has 0 aliphatic heterocycles. The minimum Gasteiger partial charge on any atom is -0.479 e. The highest BCUT2D eigenvalue weighted by atomic mass is 19.3. The molecule has 0 bridgehead atoms. The van der Waals surface area contributed by atoms with Crippen LogP contribution >= 0.6 is 0 Å². The molecule has 0 aromatic carbocycles. The Balaban J connectivity index is 4.27. The summed E-state index contributed by atoms with van der Waals surface area (Å²) in [5.41, 5.74) is 0. The average molecular weight is 166 g/mol. The lowest BCUT2D eigenvalue weighted by Crippen LogP contribution is -2.39.